The average molecular weight is 151 g/mol. The van der Waals surface area contributed by atoms with E-state index in [1.165, 1.54) is 0 Å². The third kappa shape index (κ3) is 9.31. The van der Waals surface area contributed by atoms with Crippen molar-refractivity contribution in [3.63, 3.8) is 0 Å². The molecule has 0 rings (SSSR count). The predicted molar refractivity (Wildman–Crippen MR) is 40.3 cm³/mol. The second kappa shape index (κ2) is 3.84. The van der Waals surface area contributed by atoms with Gasteiger partial charge in [0.05, 0.1) is 0 Å². The van der Waals surface area contributed by atoms with Crippen molar-refractivity contribution in [1.29, 1.82) is 0 Å². The Bertz CT molecular complexity index is 101. The van der Waals surface area contributed by atoms with Crippen LogP contribution < -0.4 is 0 Å². The van der Waals surface area contributed by atoms with Crippen LogP contribution in [0.15, 0.2) is 0 Å². The van der Waals surface area contributed by atoms with E-state index in [0.717, 1.165) is 0 Å². The van der Waals surface area contributed by atoms with E-state index < -0.39 is 8.07 Å². The van der Waals surface area contributed by atoms with Crippen molar-refractivity contribution in [3.8, 4) is 0 Å². The minimum atomic E-state index is -1.20. The number of rotatable bonds is 1. The summed E-state index contributed by atoms with van der Waals surface area (Å²) < 4.78 is 0. The zero-order valence-electron chi connectivity index (χ0n) is 5.38. The van der Waals surface area contributed by atoms with Gasteiger partial charge in [0.25, 0.3) is 0 Å². The highest BCUT2D eigenvalue weighted by atomic mass is 35.5. The molecule has 0 aromatic rings. The quantitative estimate of drug-likeness (QED) is 0.236. The summed E-state index contributed by atoms with van der Waals surface area (Å²) in [4.78, 5) is 2.94. The molecular formula is C4H11ClN2Si. The molecular weight excluding hydrogens is 140 g/mol. The summed E-state index contributed by atoms with van der Waals surface area (Å²) in [5.74, 6) is 1.63. The molecule has 0 fully saturated rings. The van der Waals surface area contributed by atoms with Gasteiger partial charge in [-0.3, -0.25) is 0 Å². The van der Waals surface area contributed by atoms with Crippen molar-refractivity contribution in [2.75, 3.05) is 0 Å². The lowest BCUT2D eigenvalue weighted by atomic mass is 11.7. The minimum Gasteiger partial charge on any atom is -0.363 e. The highest BCUT2D eigenvalue weighted by molar-refractivity contribution is 6.98. The van der Waals surface area contributed by atoms with Gasteiger partial charge < -0.3 is 5.53 Å². The highest BCUT2D eigenvalue weighted by Crippen LogP contribution is 1.91. The fourth-order valence-corrected chi connectivity index (χ4v) is 0.520. The second-order valence-electron chi connectivity index (χ2n) is 2.61. The van der Waals surface area contributed by atoms with Crippen LogP contribution in [-0.2, 0) is 0 Å². The van der Waals surface area contributed by atoms with Crippen molar-refractivity contribution in [3.05, 3.63) is 5.53 Å². The van der Waals surface area contributed by atoms with E-state index >= 15 is 0 Å². The molecule has 0 saturated carbocycles. The lowest BCUT2D eigenvalue weighted by Crippen LogP contribution is -2.22. The Balaban J connectivity index is 0. The molecule has 0 amide bonds. The summed E-state index contributed by atoms with van der Waals surface area (Å²) in [6, 6.07) is 0. The van der Waals surface area contributed by atoms with Crippen LogP contribution in [0.2, 0.25) is 19.6 Å². The fraction of sp³-hybridized carbons (Fsp3) is 0.750. The van der Waals surface area contributed by atoms with E-state index in [0.29, 0.717) is 0 Å². The molecule has 0 aliphatic rings. The standard InChI is InChI=1S/C4H10N2Si.ClH/c1-7(2,3)4-6-5;/h4H,1-3H3;1H. The monoisotopic (exact) mass is 150 g/mol. The van der Waals surface area contributed by atoms with Crippen LogP contribution in [0.5, 0.6) is 0 Å². The Morgan fingerprint density at radius 3 is 1.75 bits per heavy atom. The number of nitrogens with zero attached hydrogens (tertiary/aromatic N) is 2. The first kappa shape index (κ1) is 10.8. The first-order chi connectivity index (χ1) is 3.06. The number of hydrogen-bond acceptors (Lipinski definition) is 0. The fourth-order valence-electron chi connectivity index (χ4n) is 0.173. The van der Waals surface area contributed by atoms with Crippen molar-refractivity contribution >= 4 is 26.3 Å². The second-order valence-corrected chi connectivity index (χ2v) is 7.60. The maximum atomic E-state index is 8.01. The molecule has 48 valence electrons. The van der Waals surface area contributed by atoms with Crippen LogP contribution in [0.3, 0.4) is 0 Å². The molecule has 8 heavy (non-hydrogen) atoms. The first-order valence-electron chi connectivity index (χ1n) is 2.25. The van der Waals surface area contributed by atoms with Gasteiger partial charge in [-0.2, -0.15) is 4.79 Å². The molecule has 0 atom stereocenters. The van der Waals surface area contributed by atoms with E-state index in [9.17, 15) is 0 Å². The zero-order valence-corrected chi connectivity index (χ0v) is 7.20. The van der Waals surface area contributed by atoms with Gasteiger partial charge in [0.2, 0.25) is 5.84 Å². The van der Waals surface area contributed by atoms with Gasteiger partial charge in [0.15, 0.2) is 8.07 Å². The van der Waals surface area contributed by atoms with Crippen LogP contribution in [0, 0.1) is 0 Å². The van der Waals surface area contributed by atoms with Gasteiger partial charge >= 0.3 is 0 Å². The van der Waals surface area contributed by atoms with Crippen molar-refractivity contribution in [1.82, 2.24) is 0 Å². The van der Waals surface area contributed by atoms with Gasteiger partial charge in [-0.15, -0.1) is 12.4 Å². The minimum absolute atomic E-state index is 0. The number of halogens is 1. The van der Waals surface area contributed by atoms with Crippen molar-refractivity contribution < 1.29 is 4.79 Å². The third-order valence-electron chi connectivity index (χ3n) is 0.445. The largest absolute Gasteiger partial charge is 0.363 e. The van der Waals surface area contributed by atoms with Gasteiger partial charge in [-0.05, 0) is 0 Å². The third-order valence-corrected chi connectivity index (χ3v) is 1.34. The van der Waals surface area contributed by atoms with E-state index in [1.54, 1.807) is 5.84 Å². The molecule has 0 aliphatic carbocycles. The van der Waals surface area contributed by atoms with E-state index in [2.05, 4.69) is 24.4 Å². The maximum absolute atomic E-state index is 8.01. The molecule has 4 heteroatoms. The zero-order chi connectivity index (χ0) is 5.91. The highest BCUT2D eigenvalue weighted by Gasteiger charge is 2.14. The van der Waals surface area contributed by atoms with Gasteiger partial charge in [-0.25, -0.2) is 0 Å². The summed E-state index contributed by atoms with van der Waals surface area (Å²) in [7, 11) is -1.20. The van der Waals surface area contributed by atoms with Crippen molar-refractivity contribution in [2.45, 2.75) is 19.6 Å². The lowest BCUT2D eigenvalue weighted by molar-refractivity contribution is 0.00680. The molecule has 0 N–H and O–H groups in total. The molecule has 0 unspecified atom stereocenters. The molecule has 0 aliphatic heterocycles. The molecule has 0 bridgehead atoms. The molecule has 0 radical (unpaired) electrons. The summed E-state index contributed by atoms with van der Waals surface area (Å²) in [5.41, 5.74) is 8.01. The maximum Gasteiger partial charge on any atom is 0.226 e. The summed E-state index contributed by atoms with van der Waals surface area (Å²) >= 11 is 0. The van der Waals surface area contributed by atoms with Crippen LogP contribution in [0.4, 0.5) is 0 Å². The van der Waals surface area contributed by atoms with E-state index in [1.807, 2.05) is 0 Å². The van der Waals surface area contributed by atoms with Gasteiger partial charge in [0, 0.05) is 0 Å². The summed E-state index contributed by atoms with van der Waals surface area (Å²) in [5, 5.41) is 0. The Kier molecular flexibility index (Phi) is 5.18. The smallest absolute Gasteiger partial charge is 0.226 e. The Hall–Kier alpha value is -0.113. The first-order valence-corrected chi connectivity index (χ1v) is 5.82. The van der Waals surface area contributed by atoms with E-state index in [-0.39, 0.29) is 12.4 Å². The molecule has 2 nitrogen and oxygen atoms in total. The Labute approximate surface area is 57.0 Å². The topological polar surface area (TPSA) is 36.4 Å². The SMILES string of the molecule is C[Si](C)(C)C=[N+]=[N-].Cl. The van der Waals surface area contributed by atoms with Crippen molar-refractivity contribution in [2.24, 2.45) is 0 Å². The summed E-state index contributed by atoms with van der Waals surface area (Å²) in [6.45, 7) is 6.31. The predicted octanol–water partition coefficient (Wildman–Crippen LogP) is 1.59. The van der Waals surface area contributed by atoms with E-state index in [4.69, 9.17) is 5.53 Å². The number of hydrogen-bond donors (Lipinski definition) is 0. The molecule has 0 saturated heterocycles. The lowest BCUT2D eigenvalue weighted by Gasteiger charge is -1.95. The van der Waals surface area contributed by atoms with Crippen LogP contribution in [-0.4, -0.2) is 18.7 Å². The summed E-state index contributed by atoms with van der Waals surface area (Å²) in [6.07, 6.45) is 0. The molecule has 0 spiro atoms. The normalized spacial score (nSPS) is 8.88. The Morgan fingerprint density at radius 1 is 1.38 bits per heavy atom. The molecule has 0 aromatic heterocycles. The molecule has 0 aromatic carbocycles. The van der Waals surface area contributed by atoms with Crippen LogP contribution >= 0.6 is 12.4 Å². The Morgan fingerprint density at radius 2 is 1.75 bits per heavy atom. The van der Waals surface area contributed by atoms with Crippen LogP contribution in [0.1, 0.15) is 0 Å². The van der Waals surface area contributed by atoms with Crippen LogP contribution in [0.25, 0.3) is 5.53 Å². The average Bonchev–Trinajstić information content (AvgIpc) is 1.30. The van der Waals surface area contributed by atoms with Gasteiger partial charge in [0.1, 0.15) is 0 Å². The van der Waals surface area contributed by atoms with Gasteiger partial charge in [-0.1, -0.05) is 19.6 Å². The molecule has 0 heterocycles.